The van der Waals surface area contributed by atoms with Crippen LogP contribution >= 0.6 is 0 Å². The monoisotopic (exact) mass is 977 g/mol. The largest absolute Gasteiger partial charge is 3.00 e. The number of carbonyl (C=O) groups excluding carboxylic acids is 1. The van der Waals surface area contributed by atoms with Gasteiger partial charge in [0.1, 0.15) is 13.3 Å². The van der Waals surface area contributed by atoms with Gasteiger partial charge in [0, 0.05) is 48.2 Å². The second-order valence-electron chi connectivity index (χ2n) is 17.1. The van der Waals surface area contributed by atoms with E-state index in [-0.39, 0.29) is 75.4 Å². The Morgan fingerprint density at radius 3 is 1.27 bits per heavy atom. The third kappa shape index (κ3) is 30.9. The van der Waals surface area contributed by atoms with Crippen LogP contribution in [0.25, 0.3) is 21.3 Å². The first-order chi connectivity index (χ1) is 30.5. The summed E-state index contributed by atoms with van der Waals surface area (Å²) in [6, 6.07) is 0. The van der Waals surface area contributed by atoms with Gasteiger partial charge in [-0.2, -0.15) is 6.20 Å². The molecule has 4 heterocycles. The zero-order valence-electron chi connectivity index (χ0n) is 38.7. The molecule has 8 rings (SSSR count). The minimum atomic E-state index is -0.246. The fourth-order valence-corrected chi connectivity index (χ4v) is 7.93. The van der Waals surface area contributed by atoms with Crippen LogP contribution in [0.3, 0.4) is 0 Å². The van der Waals surface area contributed by atoms with Gasteiger partial charge in [0.05, 0.1) is 18.3 Å². The van der Waals surface area contributed by atoms with Gasteiger partial charge in [0.2, 0.25) is 0 Å². The van der Waals surface area contributed by atoms with E-state index in [1.807, 2.05) is 42.9 Å². The van der Waals surface area contributed by atoms with E-state index in [1.54, 1.807) is 24.6 Å². The van der Waals surface area contributed by atoms with Crippen LogP contribution in [-0.4, -0.2) is 117 Å². The number of hydrogen-bond donors (Lipinski definition) is 4. The summed E-state index contributed by atoms with van der Waals surface area (Å²) in [5.41, 5.74) is 0.635. The first kappa shape index (κ1) is 59.8. The van der Waals surface area contributed by atoms with E-state index in [2.05, 4.69) is 41.6 Å². The van der Waals surface area contributed by atoms with Gasteiger partial charge in [-0.05, 0) is 50.7 Å². The van der Waals surface area contributed by atoms with Crippen molar-refractivity contribution in [1.82, 2.24) is 5.32 Å². The molecule has 3 saturated heterocycles. The Hall–Kier alpha value is -2.25. The van der Waals surface area contributed by atoms with Crippen LogP contribution in [0.4, 0.5) is 0 Å². The summed E-state index contributed by atoms with van der Waals surface area (Å²) < 4.78 is 0. The van der Waals surface area contributed by atoms with Gasteiger partial charge in [0.15, 0.2) is 5.78 Å². The molecule has 4 aliphatic carbocycles. The van der Waals surface area contributed by atoms with Crippen molar-refractivity contribution in [3.05, 3.63) is 81.8 Å². The van der Waals surface area contributed by atoms with E-state index in [9.17, 15) is 20.1 Å². The number of hydrogen-bond acceptors (Lipinski definition) is 8. The van der Waals surface area contributed by atoms with Crippen LogP contribution in [0.15, 0.2) is 75.5 Å². The molecule has 64 heavy (non-hydrogen) atoms. The van der Waals surface area contributed by atoms with Crippen molar-refractivity contribution in [3.8, 4) is 0 Å². The van der Waals surface area contributed by atoms with Crippen molar-refractivity contribution >= 4 is 24.4 Å². The third-order valence-electron chi connectivity index (χ3n) is 11.8. The number of rotatable bonds is 8. The Morgan fingerprint density at radius 2 is 0.953 bits per heavy atom. The van der Waals surface area contributed by atoms with Crippen LogP contribution in [-0.2, 0) is 38.4 Å². The maximum atomic E-state index is 11.4. The number of nitrogens with zero attached hydrogens (tertiary/aromatic N) is 7. The Labute approximate surface area is 408 Å². The van der Waals surface area contributed by atoms with Crippen LogP contribution < -0.4 is 5.32 Å². The molecule has 3 saturated carbocycles. The molecule has 0 aromatic heterocycles. The summed E-state index contributed by atoms with van der Waals surface area (Å²) in [6.07, 6.45) is 46.0. The van der Waals surface area contributed by atoms with Gasteiger partial charge in [-0.25, -0.2) is 0 Å². The molecule has 4 N–H and O–H groups in total. The average molecular weight is 977 g/mol. The van der Waals surface area contributed by atoms with E-state index < -0.39 is 0 Å². The van der Waals surface area contributed by atoms with E-state index in [0.717, 1.165) is 110 Å². The zero-order valence-corrected chi connectivity index (χ0v) is 40.7. The third-order valence-corrected chi connectivity index (χ3v) is 11.8. The summed E-state index contributed by atoms with van der Waals surface area (Å²) in [4.78, 5) is 24.3. The van der Waals surface area contributed by atoms with E-state index >= 15 is 0 Å². The number of ketones is 1. The molecule has 0 aromatic rings. The number of aliphatic imine (C=N–C) groups is 3. The molecule has 362 valence electrons. The van der Waals surface area contributed by atoms with Crippen molar-refractivity contribution < 1.29 is 53.7 Å². The van der Waals surface area contributed by atoms with Crippen molar-refractivity contribution in [2.24, 2.45) is 32.7 Å². The topological polar surface area (TPSA) is 183 Å². The first-order valence-electron chi connectivity index (χ1n) is 24.3. The normalized spacial score (nSPS) is 28.1. The second kappa shape index (κ2) is 42.1. The number of carbonyl (C=O) groups is 1. The molecule has 12 nitrogen and oxygen atoms in total. The summed E-state index contributed by atoms with van der Waals surface area (Å²) in [5.74, 6) is 0.609. The smallest absolute Gasteiger partial charge is 0.687 e. The van der Waals surface area contributed by atoms with Gasteiger partial charge >= 0.3 is 33.6 Å². The SMILES string of the molecule is C1=CC[N-]C=C1.C1CC[N-]CC1.C1CC[N-]CC1.C1CC[N-]CC1.O=C1C=CC=CC1=CNCN=CC1CCCCC1O.OC1CCCCC1C=NCN=CC1CCCCC1O.[Co+3].[Co+3]. The minimum absolute atomic E-state index is 0. The molecule has 14 heteroatoms. The molecule has 6 fully saturated rings. The van der Waals surface area contributed by atoms with Gasteiger partial charge in [0.25, 0.3) is 0 Å². The summed E-state index contributed by atoms with van der Waals surface area (Å²) in [5, 5.41) is 48.8. The molecular weight excluding hydrogens is 894 g/mol. The zero-order chi connectivity index (χ0) is 44.0. The van der Waals surface area contributed by atoms with E-state index in [0.29, 0.717) is 18.9 Å². The molecule has 4 aliphatic heterocycles. The maximum Gasteiger partial charge on any atom is 3.00 e. The van der Waals surface area contributed by atoms with Crippen molar-refractivity contribution in [1.29, 1.82) is 0 Å². The molecule has 0 radical (unpaired) electrons. The molecule has 0 aromatic carbocycles. The Kier molecular flexibility index (Phi) is 39.3. The molecule has 0 bridgehead atoms. The van der Waals surface area contributed by atoms with Crippen molar-refractivity contribution in [3.63, 3.8) is 0 Å². The van der Waals surface area contributed by atoms with Crippen molar-refractivity contribution in [2.75, 3.05) is 59.2 Å². The number of aliphatic hydroxyl groups is 3. The number of nitrogens with one attached hydrogen (secondary N) is 1. The molecule has 6 unspecified atom stereocenters. The molecular formula is C50H82Co2N8O4+2. The minimum Gasteiger partial charge on any atom is -0.687 e. The van der Waals surface area contributed by atoms with E-state index in [4.69, 9.17) is 0 Å². The Morgan fingerprint density at radius 1 is 0.531 bits per heavy atom. The Bertz CT molecular complexity index is 1270. The number of piperidine rings is 3. The van der Waals surface area contributed by atoms with Gasteiger partial charge < -0.3 is 41.9 Å². The fourth-order valence-electron chi connectivity index (χ4n) is 7.93. The number of allylic oxidation sites excluding steroid dienone is 7. The summed E-state index contributed by atoms with van der Waals surface area (Å²) in [7, 11) is 0. The number of aliphatic hydroxyl groups excluding tert-OH is 3. The van der Waals surface area contributed by atoms with Gasteiger partial charge in [-0.1, -0.05) is 121 Å². The van der Waals surface area contributed by atoms with Crippen LogP contribution in [0.5, 0.6) is 0 Å². The average Bonchev–Trinajstić information content (AvgIpc) is 3.34. The molecule has 0 spiro atoms. The van der Waals surface area contributed by atoms with Crippen LogP contribution in [0, 0.1) is 17.8 Å². The molecule has 6 atom stereocenters. The molecule has 0 amide bonds. The quantitative estimate of drug-likeness (QED) is 0.107. The second-order valence-corrected chi connectivity index (χ2v) is 17.1. The maximum absolute atomic E-state index is 11.4. The first-order valence-corrected chi connectivity index (χ1v) is 24.3. The van der Waals surface area contributed by atoms with Gasteiger partial charge in [-0.15, -0.1) is 51.9 Å². The molecule has 8 aliphatic rings. The summed E-state index contributed by atoms with van der Waals surface area (Å²) in [6.45, 7) is 8.46. The van der Waals surface area contributed by atoms with Crippen LogP contribution in [0.2, 0.25) is 0 Å². The predicted octanol–water partition coefficient (Wildman–Crippen LogP) is 9.99. The fraction of sp³-hybridized carbons (Fsp3) is 0.720. The predicted molar refractivity (Wildman–Crippen MR) is 261 cm³/mol. The Balaban J connectivity index is 0.000000417. The van der Waals surface area contributed by atoms with Gasteiger partial charge in [-0.3, -0.25) is 19.8 Å². The van der Waals surface area contributed by atoms with E-state index in [1.165, 1.54) is 76.7 Å². The standard InChI is InChI=1S/C15H26N2O2.C15H20N2O2.3C5H10N.C5H6N.2Co/c2*18-14-7-3-1-5-12(14)9-16-11-17-10-13-6-2-4-8-15(13)19;4*1-2-4-6-5-3-1;;/h9-10,12-15,18-19H,1-8,11H2;1,3,5,7,9-10,13,15-16,19H,2,4,6,8,11H2;3*1-5H2;1-4H,5H2;;/q;;4*-1;2*+3. The summed E-state index contributed by atoms with van der Waals surface area (Å²) >= 11 is 0. The van der Waals surface area contributed by atoms with Crippen molar-refractivity contribution in [2.45, 2.75) is 153 Å². The van der Waals surface area contributed by atoms with Crippen LogP contribution in [0.1, 0.15) is 135 Å².